The summed E-state index contributed by atoms with van der Waals surface area (Å²) in [6, 6.07) is 25.5. The minimum absolute atomic E-state index is 0.277. The Balaban J connectivity index is 1.18. The average molecular weight is 545 g/mol. The Hall–Kier alpha value is -5.00. The van der Waals surface area contributed by atoms with Gasteiger partial charge in [0.15, 0.2) is 0 Å². The summed E-state index contributed by atoms with van der Waals surface area (Å²) in [5.41, 5.74) is 3.55. The highest BCUT2D eigenvalue weighted by atomic mass is 16.7. The van der Waals surface area contributed by atoms with Gasteiger partial charge in [-0.15, -0.1) is 0 Å². The maximum absolute atomic E-state index is 13.3. The molecule has 2 bridgehead atoms. The van der Waals surface area contributed by atoms with Gasteiger partial charge in [-0.05, 0) is 48.2 Å². The first-order chi connectivity index (χ1) is 20.0. The van der Waals surface area contributed by atoms with E-state index in [4.69, 9.17) is 13.9 Å². The van der Waals surface area contributed by atoms with Crippen molar-refractivity contribution < 1.29 is 23.5 Å². The highest BCUT2D eigenvalue weighted by Crippen LogP contribution is 2.49. The number of benzene rings is 3. The minimum atomic E-state index is -1.09. The molecule has 0 aliphatic carbocycles. The molecule has 4 aromatic rings. The Bertz CT molecular complexity index is 1790. The lowest BCUT2D eigenvalue weighted by Gasteiger charge is -2.46. The Morgan fingerprint density at radius 1 is 0.902 bits per heavy atom. The standard InChI is InChI=1S/C33H24N2O6/c34-19-20-12-13-23-22(16-20)18-33(14-6-7-15-35-30(36)24-10-4-5-11-25(24)31(35)37)40-27-17-26(21-8-2-1-3-9-21)39-32(38)28(27)29(23)41-33/h1-5,8-13,16-17,29H,6-7,14-15,18H2/t29?,33-/m1/s1. The second kappa shape index (κ2) is 9.58. The van der Waals surface area contributed by atoms with Crippen molar-refractivity contribution >= 4 is 11.8 Å². The van der Waals surface area contributed by atoms with Gasteiger partial charge in [0.1, 0.15) is 23.2 Å². The highest BCUT2D eigenvalue weighted by Gasteiger charge is 2.49. The molecule has 0 saturated heterocycles. The molecule has 41 heavy (non-hydrogen) atoms. The first-order valence-corrected chi connectivity index (χ1v) is 13.5. The van der Waals surface area contributed by atoms with Crippen molar-refractivity contribution in [2.45, 2.75) is 37.6 Å². The molecule has 4 heterocycles. The van der Waals surface area contributed by atoms with Gasteiger partial charge in [-0.1, -0.05) is 48.5 Å². The number of carbonyl (C=O) groups is 2. The highest BCUT2D eigenvalue weighted by molar-refractivity contribution is 6.21. The number of rotatable bonds is 6. The van der Waals surface area contributed by atoms with E-state index in [-0.39, 0.29) is 23.9 Å². The van der Waals surface area contributed by atoms with E-state index in [0.717, 1.165) is 16.7 Å². The van der Waals surface area contributed by atoms with Crippen LogP contribution in [0.15, 0.2) is 88.1 Å². The number of imide groups is 1. The fourth-order valence-electron chi connectivity index (χ4n) is 6.02. The lowest BCUT2D eigenvalue weighted by atomic mass is 9.85. The molecule has 1 unspecified atom stereocenters. The lowest BCUT2D eigenvalue weighted by molar-refractivity contribution is -0.233. The molecule has 0 spiro atoms. The van der Waals surface area contributed by atoms with Crippen LogP contribution in [0.2, 0.25) is 0 Å². The third-order valence-corrected chi connectivity index (χ3v) is 7.98. The second-order valence-electron chi connectivity index (χ2n) is 10.5. The fraction of sp³-hybridized carbons (Fsp3) is 0.212. The summed E-state index contributed by atoms with van der Waals surface area (Å²) in [4.78, 5) is 40.2. The van der Waals surface area contributed by atoms with Crippen molar-refractivity contribution in [1.82, 2.24) is 4.90 Å². The van der Waals surface area contributed by atoms with Crippen LogP contribution < -0.4 is 10.4 Å². The Labute approximate surface area is 235 Å². The maximum atomic E-state index is 13.3. The van der Waals surface area contributed by atoms with Crippen LogP contribution >= 0.6 is 0 Å². The molecule has 0 fully saturated rings. The lowest BCUT2D eigenvalue weighted by Crippen LogP contribution is -2.50. The summed E-state index contributed by atoms with van der Waals surface area (Å²) in [6.45, 7) is 0.277. The quantitative estimate of drug-likeness (QED) is 0.236. The molecule has 2 amide bonds. The minimum Gasteiger partial charge on any atom is -0.461 e. The zero-order valence-corrected chi connectivity index (χ0v) is 22.0. The molecular weight excluding hydrogens is 520 g/mol. The Morgan fingerprint density at radius 2 is 1.63 bits per heavy atom. The zero-order valence-electron chi connectivity index (χ0n) is 22.0. The van der Waals surface area contributed by atoms with Crippen LogP contribution in [0.4, 0.5) is 0 Å². The monoisotopic (exact) mass is 544 g/mol. The molecule has 8 nitrogen and oxygen atoms in total. The first-order valence-electron chi connectivity index (χ1n) is 13.5. The zero-order chi connectivity index (χ0) is 28.1. The third-order valence-electron chi connectivity index (χ3n) is 7.98. The molecular formula is C33H24N2O6. The van der Waals surface area contributed by atoms with Crippen molar-refractivity contribution in [1.29, 1.82) is 5.26 Å². The van der Waals surface area contributed by atoms with Crippen LogP contribution in [-0.2, 0) is 11.2 Å². The van der Waals surface area contributed by atoms with Gasteiger partial charge < -0.3 is 13.9 Å². The molecule has 0 radical (unpaired) electrons. The molecule has 7 rings (SSSR count). The number of unbranched alkanes of at least 4 members (excludes halogenated alkanes) is 1. The van der Waals surface area contributed by atoms with Crippen molar-refractivity contribution in [2.24, 2.45) is 0 Å². The van der Waals surface area contributed by atoms with Crippen molar-refractivity contribution in [3.05, 3.63) is 123 Å². The smallest absolute Gasteiger partial charge is 0.346 e. The van der Waals surface area contributed by atoms with E-state index in [1.807, 2.05) is 42.5 Å². The third kappa shape index (κ3) is 4.14. The van der Waals surface area contributed by atoms with E-state index in [1.165, 1.54) is 4.90 Å². The number of hydrogen-bond acceptors (Lipinski definition) is 7. The molecule has 0 saturated carbocycles. The van der Waals surface area contributed by atoms with E-state index >= 15 is 0 Å². The predicted molar refractivity (Wildman–Crippen MR) is 147 cm³/mol. The number of carbonyl (C=O) groups excluding carboxylic acids is 2. The van der Waals surface area contributed by atoms with Crippen LogP contribution in [0.25, 0.3) is 11.3 Å². The van der Waals surface area contributed by atoms with Gasteiger partial charge in [0.25, 0.3) is 11.8 Å². The summed E-state index contributed by atoms with van der Waals surface area (Å²) in [5.74, 6) is -0.845. The van der Waals surface area contributed by atoms with Crippen LogP contribution in [0.5, 0.6) is 5.75 Å². The van der Waals surface area contributed by atoms with Crippen LogP contribution in [-0.4, -0.2) is 29.0 Å². The summed E-state index contributed by atoms with van der Waals surface area (Å²) in [7, 11) is 0. The average Bonchev–Trinajstić information content (AvgIpc) is 3.23. The van der Waals surface area contributed by atoms with Crippen molar-refractivity contribution in [3.63, 3.8) is 0 Å². The predicted octanol–water partition coefficient (Wildman–Crippen LogP) is 5.40. The van der Waals surface area contributed by atoms with Crippen molar-refractivity contribution in [2.75, 3.05) is 6.54 Å². The first kappa shape index (κ1) is 25.0. The molecule has 202 valence electrons. The van der Waals surface area contributed by atoms with E-state index in [1.54, 1.807) is 36.4 Å². The number of nitriles is 1. The van der Waals surface area contributed by atoms with E-state index in [9.17, 15) is 19.6 Å². The molecule has 0 N–H and O–H groups in total. The largest absolute Gasteiger partial charge is 0.461 e. The number of amides is 2. The normalized spacial score (nSPS) is 20.1. The van der Waals surface area contributed by atoms with Gasteiger partial charge in [-0.25, -0.2) is 4.79 Å². The topological polar surface area (TPSA) is 110 Å². The van der Waals surface area contributed by atoms with Crippen LogP contribution in [0, 0.1) is 11.3 Å². The van der Waals surface area contributed by atoms with E-state index in [2.05, 4.69) is 6.07 Å². The molecule has 8 heteroatoms. The van der Waals surface area contributed by atoms with E-state index in [0.29, 0.717) is 53.9 Å². The SMILES string of the molecule is N#Cc1ccc2c(c1)C[C@]1(CCCCN3C(=O)c4ccccc4C3=O)Oc3cc(-c4ccccc4)oc(=O)c3C2O1. The molecule has 2 atom stereocenters. The number of ether oxygens (including phenoxy) is 2. The summed E-state index contributed by atoms with van der Waals surface area (Å²) < 4.78 is 18.7. The number of fused-ring (bicyclic) bond motifs is 7. The number of hydrogen-bond donors (Lipinski definition) is 0. The van der Waals surface area contributed by atoms with Crippen LogP contribution in [0.3, 0.4) is 0 Å². The summed E-state index contributed by atoms with van der Waals surface area (Å²) in [5, 5.41) is 9.49. The van der Waals surface area contributed by atoms with Gasteiger partial charge in [0.05, 0.1) is 22.8 Å². The van der Waals surface area contributed by atoms with Crippen molar-refractivity contribution in [3.8, 4) is 23.1 Å². The maximum Gasteiger partial charge on any atom is 0.346 e. The second-order valence-corrected chi connectivity index (χ2v) is 10.5. The summed E-state index contributed by atoms with van der Waals surface area (Å²) >= 11 is 0. The molecule has 3 aliphatic heterocycles. The van der Waals surface area contributed by atoms with Gasteiger partial charge in [-0.2, -0.15) is 5.26 Å². The fourth-order valence-corrected chi connectivity index (χ4v) is 6.02. The van der Waals surface area contributed by atoms with Gasteiger partial charge >= 0.3 is 5.63 Å². The molecule has 3 aromatic carbocycles. The van der Waals surface area contributed by atoms with Crippen LogP contribution in [0.1, 0.15) is 68.3 Å². The van der Waals surface area contributed by atoms with Gasteiger partial charge in [-0.3, -0.25) is 14.5 Å². The Kier molecular flexibility index (Phi) is 5.84. The van der Waals surface area contributed by atoms with E-state index < -0.39 is 17.5 Å². The molecule has 3 aliphatic rings. The summed E-state index contributed by atoms with van der Waals surface area (Å²) in [6.07, 6.45) is 1.25. The number of nitrogens with zero attached hydrogens (tertiary/aromatic N) is 2. The Morgan fingerprint density at radius 3 is 2.37 bits per heavy atom. The van der Waals surface area contributed by atoms with Gasteiger partial charge in [0, 0.05) is 31.0 Å². The van der Waals surface area contributed by atoms with Gasteiger partial charge in [0.2, 0.25) is 5.79 Å². The molecule has 1 aromatic heterocycles.